The molecule has 0 aliphatic carbocycles. The zero-order valence-corrected chi connectivity index (χ0v) is 5.39. The number of alkyl halides is 1. The van der Waals surface area contributed by atoms with Crippen LogP contribution in [0.3, 0.4) is 0 Å². The fourth-order valence-corrected chi connectivity index (χ4v) is 0.856. The molecule has 0 aromatic heterocycles. The zero-order valence-electron chi connectivity index (χ0n) is 3.80. The van der Waals surface area contributed by atoms with E-state index in [-0.39, 0.29) is 10.9 Å². The van der Waals surface area contributed by atoms with Gasteiger partial charge in [0.15, 0.2) is 0 Å². The molecule has 0 aromatic carbocycles. The Hall–Kier alpha value is 0.400. The molecule has 0 saturated carbocycles. The molecule has 1 aliphatic heterocycles. The Morgan fingerprint density at radius 3 is 2.43 bits per heavy atom. The fourth-order valence-electron chi connectivity index (χ4n) is 0.517. The summed E-state index contributed by atoms with van der Waals surface area (Å²) in [6.45, 7) is 1.12. The highest BCUT2D eigenvalue weighted by atomic mass is 79.9. The highest BCUT2D eigenvalue weighted by Crippen LogP contribution is 2.12. The van der Waals surface area contributed by atoms with Crippen molar-refractivity contribution >= 4 is 15.9 Å². The van der Waals surface area contributed by atoms with Crippen LogP contribution in [-0.2, 0) is 4.74 Å². The predicted molar refractivity (Wildman–Crippen MR) is 29.5 cm³/mol. The summed E-state index contributed by atoms with van der Waals surface area (Å²) in [5.74, 6) is 0. The lowest BCUT2D eigenvalue weighted by atomic mass is 10.3. The molecular formula is C4H7BrO2. The molecular weight excluding hydrogens is 160 g/mol. The summed E-state index contributed by atoms with van der Waals surface area (Å²) in [6, 6.07) is 0. The van der Waals surface area contributed by atoms with Crippen molar-refractivity contribution in [3.05, 3.63) is 0 Å². The van der Waals surface area contributed by atoms with Gasteiger partial charge in [0, 0.05) is 0 Å². The van der Waals surface area contributed by atoms with E-state index < -0.39 is 0 Å². The van der Waals surface area contributed by atoms with Crippen LogP contribution in [-0.4, -0.2) is 29.3 Å². The first kappa shape index (κ1) is 5.54. The molecule has 1 rings (SSSR count). The van der Waals surface area contributed by atoms with E-state index in [2.05, 4.69) is 15.9 Å². The number of rotatable bonds is 0. The van der Waals surface area contributed by atoms with Crippen LogP contribution in [0.2, 0.25) is 0 Å². The average Bonchev–Trinajstić information content (AvgIpc) is 1.91. The van der Waals surface area contributed by atoms with Crippen molar-refractivity contribution in [2.24, 2.45) is 0 Å². The number of hydrogen-bond acceptors (Lipinski definition) is 2. The second-order valence-electron chi connectivity index (χ2n) is 1.62. The molecule has 2 nitrogen and oxygen atoms in total. The van der Waals surface area contributed by atoms with E-state index in [0.29, 0.717) is 13.2 Å². The van der Waals surface area contributed by atoms with Gasteiger partial charge in [-0.15, -0.1) is 0 Å². The Balaban J connectivity index is 2.33. The lowest BCUT2D eigenvalue weighted by molar-refractivity contribution is 0.127. The molecule has 42 valence electrons. The molecule has 0 spiro atoms. The molecule has 0 radical (unpaired) electrons. The minimum atomic E-state index is -0.292. The summed E-state index contributed by atoms with van der Waals surface area (Å²) >= 11 is 3.23. The summed E-state index contributed by atoms with van der Waals surface area (Å²) in [5.41, 5.74) is 0. The van der Waals surface area contributed by atoms with Gasteiger partial charge in [0.2, 0.25) is 0 Å². The second-order valence-corrected chi connectivity index (χ2v) is 2.80. The van der Waals surface area contributed by atoms with Crippen molar-refractivity contribution in [1.82, 2.24) is 0 Å². The van der Waals surface area contributed by atoms with Crippen LogP contribution >= 0.6 is 15.9 Å². The molecule has 2 atom stereocenters. The normalized spacial score (nSPS) is 42.0. The first-order valence-corrected chi connectivity index (χ1v) is 3.12. The Bertz CT molecular complexity index is 58.7. The zero-order chi connectivity index (χ0) is 5.28. The number of ether oxygens (including phenoxy) is 1. The second kappa shape index (κ2) is 2.11. The van der Waals surface area contributed by atoms with Crippen molar-refractivity contribution in [2.45, 2.75) is 10.9 Å². The van der Waals surface area contributed by atoms with Crippen LogP contribution in [0.4, 0.5) is 0 Å². The van der Waals surface area contributed by atoms with Gasteiger partial charge in [-0.1, -0.05) is 15.9 Å². The summed E-state index contributed by atoms with van der Waals surface area (Å²) < 4.78 is 4.87. The van der Waals surface area contributed by atoms with Gasteiger partial charge in [0.05, 0.1) is 24.1 Å². The molecule has 7 heavy (non-hydrogen) atoms. The van der Waals surface area contributed by atoms with E-state index in [1.54, 1.807) is 0 Å². The number of halogens is 1. The van der Waals surface area contributed by atoms with Crippen LogP contribution in [0.1, 0.15) is 0 Å². The maximum absolute atomic E-state index is 8.83. The van der Waals surface area contributed by atoms with Crippen molar-refractivity contribution < 1.29 is 9.84 Å². The van der Waals surface area contributed by atoms with E-state index in [9.17, 15) is 0 Å². The smallest absolute Gasteiger partial charge is 0.0920 e. The molecule has 1 fully saturated rings. The molecule has 1 heterocycles. The lowest BCUT2D eigenvalue weighted by Crippen LogP contribution is -2.16. The quantitative estimate of drug-likeness (QED) is 0.520. The lowest BCUT2D eigenvalue weighted by Gasteiger charge is -1.98. The largest absolute Gasteiger partial charge is 0.389 e. The van der Waals surface area contributed by atoms with Gasteiger partial charge >= 0.3 is 0 Å². The summed E-state index contributed by atoms with van der Waals surface area (Å²) in [4.78, 5) is 0.160. The fraction of sp³-hybridized carbons (Fsp3) is 1.00. The van der Waals surface area contributed by atoms with Gasteiger partial charge in [0.25, 0.3) is 0 Å². The average molecular weight is 167 g/mol. The van der Waals surface area contributed by atoms with Crippen LogP contribution < -0.4 is 0 Å². The molecule has 1 N–H and O–H groups in total. The molecule has 0 aromatic rings. The van der Waals surface area contributed by atoms with E-state index in [1.165, 1.54) is 0 Å². The first-order valence-electron chi connectivity index (χ1n) is 2.20. The summed E-state index contributed by atoms with van der Waals surface area (Å²) in [6.07, 6.45) is -0.292. The Morgan fingerprint density at radius 2 is 2.29 bits per heavy atom. The number of aliphatic hydroxyl groups is 1. The van der Waals surface area contributed by atoms with Gasteiger partial charge < -0.3 is 9.84 Å². The monoisotopic (exact) mass is 166 g/mol. The summed E-state index contributed by atoms with van der Waals surface area (Å²) in [7, 11) is 0. The SMILES string of the molecule is O[C@@H]1COC[C@H]1Br. The van der Waals surface area contributed by atoms with E-state index in [1.807, 2.05) is 0 Å². The maximum Gasteiger partial charge on any atom is 0.0920 e. The predicted octanol–water partition coefficient (Wildman–Crippen LogP) is 0.141. The van der Waals surface area contributed by atoms with E-state index >= 15 is 0 Å². The van der Waals surface area contributed by atoms with Gasteiger partial charge in [0.1, 0.15) is 0 Å². The molecule has 1 aliphatic rings. The summed E-state index contributed by atoms with van der Waals surface area (Å²) in [5, 5.41) is 8.83. The molecule has 0 amide bonds. The van der Waals surface area contributed by atoms with Crippen LogP contribution in [0.15, 0.2) is 0 Å². The highest BCUT2D eigenvalue weighted by Gasteiger charge is 2.22. The topological polar surface area (TPSA) is 29.5 Å². The van der Waals surface area contributed by atoms with Crippen LogP contribution in [0, 0.1) is 0 Å². The van der Waals surface area contributed by atoms with E-state index in [4.69, 9.17) is 9.84 Å². The van der Waals surface area contributed by atoms with E-state index in [0.717, 1.165) is 0 Å². The highest BCUT2D eigenvalue weighted by molar-refractivity contribution is 9.09. The standard InChI is InChI=1S/C4H7BrO2/c5-3-1-7-2-4(3)6/h3-4,6H,1-2H2/t3-,4-/m1/s1. The van der Waals surface area contributed by atoms with Crippen molar-refractivity contribution in [2.75, 3.05) is 13.2 Å². The number of hydrogen-bond donors (Lipinski definition) is 1. The third-order valence-electron chi connectivity index (χ3n) is 0.983. The first-order chi connectivity index (χ1) is 3.30. The Morgan fingerprint density at radius 1 is 1.57 bits per heavy atom. The van der Waals surface area contributed by atoms with Gasteiger partial charge in [-0.05, 0) is 0 Å². The molecule has 1 saturated heterocycles. The van der Waals surface area contributed by atoms with Crippen molar-refractivity contribution in [3.8, 4) is 0 Å². The van der Waals surface area contributed by atoms with Crippen LogP contribution in [0.25, 0.3) is 0 Å². The minimum absolute atomic E-state index is 0.160. The Labute approximate surface area is 50.6 Å². The van der Waals surface area contributed by atoms with Gasteiger partial charge in [-0.2, -0.15) is 0 Å². The maximum atomic E-state index is 8.83. The Kier molecular flexibility index (Phi) is 1.67. The minimum Gasteiger partial charge on any atom is -0.389 e. The molecule has 3 heteroatoms. The number of aliphatic hydroxyl groups excluding tert-OH is 1. The van der Waals surface area contributed by atoms with Crippen LogP contribution in [0.5, 0.6) is 0 Å². The third kappa shape index (κ3) is 1.15. The van der Waals surface area contributed by atoms with Gasteiger partial charge in [-0.25, -0.2) is 0 Å². The van der Waals surface area contributed by atoms with Crippen molar-refractivity contribution in [3.63, 3.8) is 0 Å². The molecule has 0 bridgehead atoms. The molecule has 0 unspecified atom stereocenters. The van der Waals surface area contributed by atoms with Gasteiger partial charge in [-0.3, -0.25) is 0 Å². The van der Waals surface area contributed by atoms with Crippen molar-refractivity contribution in [1.29, 1.82) is 0 Å². The third-order valence-corrected chi connectivity index (χ3v) is 1.86.